The van der Waals surface area contributed by atoms with Crippen LogP contribution in [0.4, 0.5) is 10.7 Å². The second kappa shape index (κ2) is 11.9. The van der Waals surface area contributed by atoms with Gasteiger partial charge in [0.05, 0.1) is 39.7 Å². The highest BCUT2D eigenvalue weighted by molar-refractivity contribution is 7.16. The number of carbonyl (C=O) groups excluding carboxylic acids is 1. The summed E-state index contributed by atoms with van der Waals surface area (Å²) in [6.07, 6.45) is 4.45. The molecular weight excluding hydrogens is 536 g/mol. The van der Waals surface area contributed by atoms with Gasteiger partial charge in [0.15, 0.2) is 11.5 Å². The lowest BCUT2D eigenvalue weighted by Crippen LogP contribution is -2.27. The number of nitrogens with zero attached hydrogens (tertiary/aromatic N) is 1. The predicted molar refractivity (Wildman–Crippen MR) is 159 cm³/mol. The largest absolute Gasteiger partial charge is 0.496 e. The van der Waals surface area contributed by atoms with Crippen molar-refractivity contribution >= 4 is 45.7 Å². The number of rotatable bonds is 8. The highest BCUT2D eigenvalue weighted by Gasteiger charge is 2.34. The Hall–Kier alpha value is -3.23. The first-order valence-corrected chi connectivity index (χ1v) is 13.9. The molecule has 0 aliphatic heterocycles. The van der Waals surface area contributed by atoms with Gasteiger partial charge in [0.1, 0.15) is 16.5 Å². The van der Waals surface area contributed by atoms with E-state index in [0.717, 1.165) is 24.8 Å². The quantitative estimate of drug-likeness (QED) is 0.282. The number of fused-ring (bicyclic) bond motifs is 1. The standard InChI is InChI=1S/C30H35ClN2O5S/c1-30(2,3)18-8-10-20-26(13-18)39-29(27(20)28(34)33-21-14-19(31)9-11-22(21)35-4)32-16-17-12-24(37-6)25(38-7)15-23(17)36-5/h9,11-12,14-16,18H,8,10,13H2,1-7H3,(H,33,34). The first-order valence-electron chi connectivity index (χ1n) is 12.7. The summed E-state index contributed by atoms with van der Waals surface area (Å²) in [4.78, 5) is 19.8. The van der Waals surface area contributed by atoms with Crippen molar-refractivity contribution in [3.05, 3.63) is 56.9 Å². The molecule has 0 fully saturated rings. The molecule has 9 heteroatoms. The fourth-order valence-electron chi connectivity index (χ4n) is 4.88. The summed E-state index contributed by atoms with van der Waals surface area (Å²) in [6.45, 7) is 6.83. The summed E-state index contributed by atoms with van der Waals surface area (Å²) in [5.74, 6) is 2.51. The molecule has 39 heavy (non-hydrogen) atoms. The Bertz CT molecular complexity index is 1390. The van der Waals surface area contributed by atoms with Crippen molar-refractivity contribution in [3.63, 3.8) is 0 Å². The maximum absolute atomic E-state index is 13.8. The number of halogens is 1. The van der Waals surface area contributed by atoms with Crippen LogP contribution in [0.15, 0.2) is 35.3 Å². The second-order valence-corrected chi connectivity index (χ2v) is 12.0. The number of ether oxygens (including phenoxy) is 4. The topological polar surface area (TPSA) is 78.4 Å². The number of thiophene rings is 1. The minimum absolute atomic E-state index is 0.175. The van der Waals surface area contributed by atoms with Crippen LogP contribution in [0.25, 0.3) is 0 Å². The van der Waals surface area contributed by atoms with E-state index in [9.17, 15) is 4.79 Å². The van der Waals surface area contributed by atoms with Gasteiger partial charge in [0.2, 0.25) is 0 Å². The lowest BCUT2D eigenvalue weighted by atomic mass is 9.72. The summed E-state index contributed by atoms with van der Waals surface area (Å²) in [5, 5.41) is 4.16. The van der Waals surface area contributed by atoms with Gasteiger partial charge in [0.25, 0.3) is 5.91 Å². The summed E-state index contributed by atoms with van der Waals surface area (Å²) in [6, 6.07) is 8.70. The van der Waals surface area contributed by atoms with Crippen LogP contribution in [-0.2, 0) is 12.8 Å². The van der Waals surface area contributed by atoms with Gasteiger partial charge in [-0.15, -0.1) is 11.3 Å². The van der Waals surface area contributed by atoms with Gasteiger partial charge < -0.3 is 24.3 Å². The van der Waals surface area contributed by atoms with Crippen molar-refractivity contribution in [3.8, 4) is 23.0 Å². The number of amides is 1. The van der Waals surface area contributed by atoms with Crippen LogP contribution >= 0.6 is 22.9 Å². The molecule has 0 saturated heterocycles. The Balaban J connectivity index is 1.78. The normalized spacial score (nSPS) is 15.1. The first-order chi connectivity index (χ1) is 18.6. The third-order valence-electron chi connectivity index (χ3n) is 7.17. The molecule has 1 heterocycles. The number of aliphatic imine (C=N–C) groups is 1. The third kappa shape index (κ3) is 6.17. The van der Waals surface area contributed by atoms with E-state index in [0.29, 0.717) is 55.8 Å². The summed E-state index contributed by atoms with van der Waals surface area (Å²) in [7, 11) is 6.30. The zero-order valence-electron chi connectivity index (χ0n) is 23.4. The van der Waals surface area contributed by atoms with Crippen LogP contribution in [0.1, 0.15) is 53.6 Å². The van der Waals surface area contributed by atoms with Crippen molar-refractivity contribution < 1.29 is 23.7 Å². The summed E-state index contributed by atoms with van der Waals surface area (Å²) >= 11 is 7.79. The van der Waals surface area contributed by atoms with Gasteiger partial charge in [-0.3, -0.25) is 4.79 Å². The van der Waals surface area contributed by atoms with Gasteiger partial charge in [0, 0.05) is 27.7 Å². The molecule has 7 nitrogen and oxygen atoms in total. The lowest BCUT2D eigenvalue weighted by Gasteiger charge is -2.33. The van der Waals surface area contributed by atoms with E-state index in [1.54, 1.807) is 76.3 Å². The average molecular weight is 571 g/mol. The zero-order chi connectivity index (χ0) is 28.3. The maximum atomic E-state index is 13.8. The fourth-order valence-corrected chi connectivity index (χ4v) is 6.32. The smallest absolute Gasteiger partial charge is 0.259 e. The highest BCUT2D eigenvalue weighted by Crippen LogP contribution is 2.46. The predicted octanol–water partition coefficient (Wildman–Crippen LogP) is 7.59. The maximum Gasteiger partial charge on any atom is 0.259 e. The monoisotopic (exact) mass is 570 g/mol. The number of hydrogen-bond donors (Lipinski definition) is 1. The lowest BCUT2D eigenvalue weighted by molar-refractivity contribution is 0.102. The molecule has 0 bridgehead atoms. The molecule has 208 valence electrons. The van der Waals surface area contributed by atoms with Crippen LogP contribution in [0.5, 0.6) is 23.0 Å². The Morgan fingerprint density at radius 1 is 1.00 bits per heavy atom. The van der Waals surface area contributed by atoms with E-state index < -0.39 is 0 Å². The van der Waals surface area contributed by atoms with Crippen LogP contribution in [0.3, 0.4) is 0 Å². The summed E-state index contributed by atoms with van der Waals surface area (Å²) in [5.41, 5.74) is 3.03. The minimum atomic E-state index is -0.242. The van der Waals surface area contributed by atoms with Crippen molar-refractivity contribution in [2.75, 3.05) is 33.8 Å². The Kier molecular flexibility index (Phi) is 8.76. The number of nitrogens with one attached hydrogen (secondary N) is 1. The van der Waals surface area contributed by atoms with E-state index in [1.807, 2.05) is 0 Å². The number of benzene rings is 2. The number of anilines is 1. The van der Waals surface area contributed by atoms with Crippen molar-refractivity contribution in [1.82, 2.24) is 0 Å². The number of carbonyl (C=O) groups is 1. The third-order valence-corrected chi connectivity index (χ3v) is 8.56. The molecule has 1 amide bonds. The summed E-state index contributed by atoms with van der Waals surface area (Å²) < 4.78 is 21.9. The molecule has 0 spiro atoms. The van der Waals surface area contributed by atoms with E-state index in [1.165, 1.54) is 4.88 Å². The molecule has 1 aliphatic rings. The van der Waals surface area contributed by atoms with Crippen molar-refractivity contribution in [2.45, 2.75) is 40.0 Å². The van der Waals surface area contributed by atoms with Crippen molar-refractivity contribution in [1.29, 1.82) is 0 Å². The molecule has 0 radical (unpaired) electrons. The Labute approximate surface area is 239 Å². The molecule has 0 saturated carbocycles. The Morgan fingerprint density at radius 3 is 2.31 bits per heavy atom. The van der Waals surface area contributed by atoms with Gasteiger partial charge in [-0.25, -0.2) is 4.99 Å². The minimum Gasteiger partial charge on any atom is -0.496 e. The molecule has 2 aromatic carbocycles. The molecule has 4 rings (SSSR count). The zero-order valence-corrected chi connectivity index (χ0v) is 25.0. The molecule has 1 unspecified atom stereocenters. The van der Waals surface area contributed by atoms with Crippen LogP contribution < -0.4 is 24.3 Å². The van der Waals surface area contributed by atoms with Crippen LogP contribution in [-0.4, -0.2) is 40.6 Å². The molecular formula is C30H35ClN2O5S. The fraction of sp³-hybridized carbons (Fsp3) is 0.400. The molecule has 1 aromatic heterocycles. The molecule has 1 atom stereocenters. The van der Waals surface area contributed by atoms with Gasteiger partial charge >= 0.3 is 0 Å². The van der Waals surface area contributed by atoms with Crippen molar-refractivity contribution in [2.24, 2.45) is 16.3 Å². The average Bonchev–Trinajstić information content (AvgIpc) is 3.28. The van der Waals surface area contributed by atoms with E-state index >= 15 is 0 Å². The van der Waals surface area contributed by atoms with E-state index in [4.69, 9.17) is 35.5 Å². The second-order valence-electron chi connectivity index (χ2n) is 10.5. The number of methoxy groups -OCH3 is 4. The first kappa shape index (κ1) is 28.8. The molecule has 1 aliphatic carbocycles. The van der Waals surface area contributed by atoms with Crippen LogP contribution in [0, 0.1) is 11.3 Å². The van der Waals surface area contributed by atoms with Crippen LogP contribution in [0.2, 0.25) is 5.02 Å². The van der Waals surface area contributed by atoms with Gasteiger partial charge in [-0.05, 0) is 60.4 Å². The van der Waals surface area contributed by atoms with Gasteiger partial charge in [-0.2, -0.15) is 0 Å². The highest BCUT2D eigenvalue weighted by atomic mass is 35.5. The SMILES string of the molecule is COc1cc(OC)c(OC)cc1C=Nc1sc2c(c1C(=O)Nc1cc(Cl)ccc1OC)CCC(C(C)(C)C)C2. The van der Waals surface area contributed by atoms with E-state index in [-0.39, 0.29) is 11.3 Å². The molecule has 3 aromatic rings. The van der Waals surface area contributed by atoms with Gasteiger partial charge in [-0.1, -0.05) is 32.4 Å². The number of hydrogen-bond acceptors (Lipinski definition) is 7. The molecule has 1 N–H and O–H groups in total. The Morgan fingerprint density at radius 2 is 1.67 bits per heavy atom. The van der Waals surface area contributed by atoms with E-state index in [2.05, 4.69) is 26.1 Å².